The molecule has 1 fully saturated rings. The third kappa shape index (κ3) is 4.80. The van der Waals surface area contributed by atoms with Gasteiger partial charge in [-0.3, -0.25) is 14.5 Å². The van der Waals surface area contributed by atoms with E-state index in [1.165, 1.54) is 7.11 Å². The Balaban J connectivity index is 1.94. The highest BCUT2D eigenvalue weighted by Gasteiger charge is 2.27. The quantitative estimate of drug-likeness (QED) is 0.744. The summed E-state index contributed by atoms with van der Waals surface area (Å²) < 4.78 is 4.78. The van der Waals surface area contributed by atoms with Crippen molar-refractivity contribution in [3.63, 3.8) is 0 Å². The lowest BCUT2D eigenvalue weighted by molar-refractivity contribution is -0.147. The van der Waals surface area contributed by atoms with Crippen LogP contribution in [0.4, 0.5) is 5.69 Å². The molecule has 0 saturated carbocycles. The van der Waals surface area contributed by atoms with Crippen molar-refractivity contribution in [2.75, 3.05) is 38.2 Å². The van der Waals surface area contributed by atoms with Crippen molar-refractivity contribution in [2.24, 2.45) is 5.92 Å². The number of rotatable bonds is 6. The van der Waals surface area contributed by atoms with Gasteiger partial charge in [0.25, 0.3) is 0 Å². The first-order valence-electron chi connectivity index (χ1n) is 8.18. The first kappa shape index (κ1) is 18.0. The molecule has 0 unspecified atom stereocenters. The Labute approximate surface area is 142 Å². The number of methoxy groups -OCH3 is 1. The zero-order valence-electron chi connectivity index (χ0n) is 14.0. The van der Waals surface area contributed by atoms with E-state index in [4.69, 9.17) is 10.00 Å². The fourth-order valence-corrected chi connectivity index (χ4v) is 2.94. The second kappa shape index (κ2) is 9.04. The van der Waals surface area contributed by atoms with Gasteiger partial charge in [-0.05, 0) is 38.1 Å². The number of nitrogens with zero attached hydrogens (tertiary/aromatic N) is 3. The summed E-state index contributed by atoms with van der Waals surface area (Å²) in [6.45, 7) is 2.09. The summed E-state index contributed by atoms with van der Waals surface area (Å²) in [5.41, 5.74) is 0.808. The Morgan fingerprint density at radius 3 is 2.54 bits per heavy atom. The summed E-state index contributed by atoms with van der Waals surface area (Å²) in [5, 5.41) is 8.83. The highest BCUT2D eigenvalue weighted by molar-refractivity contribution is 5.94. The standard InChI is InChI=1S/C18H23N3O3/c1-24-18(23)15-8-12-20(13-9-15)14-17(22)21(11-5-10-19)16-6-3-2-4-7-16/h2-4,6-7,15H,5,8-9,11-14H2,1H3. The molecule has 128 valence electrons. The molecule has 1 aliphatic rings. The van der Waals surface area contributed by atoms with Crippen LogP contribution in [0.1, 0.15) is 19.3 Å². The molecular weight excluding hydrogens is 306 g/mol. The average Bonchev–Trinajstić information content (AvgIpc) is 2.63. The molecule has 1 saturated heterocycles. The van der Waals surface area contributed by atoms with E-state index in [0.29, 0.717) is 45.4 Å². The fourth-order valence-electron chi connectivity index (χ4n) is 2.94. The number of carbonyl (C=O) groups excluding carboxylic acids is 2. The maximum Gasteiger partial charge on any atom is 0.308 e. The maximum absolute atomic E-state index is 12.7. The lowest BCUT2D eigenvalue weighted by Gasteiger charge is -2.32. The van der Waals surface area contributed by atoms with Crippen LogP contribution in [-0.4, -0.2) is 50.1 Å². The van der Waals surface area contributed by atoms with E-state index in [9.17, 15) is 9.59 Å². The predicted molar refractivity (Wildman–Crippen MR) is 90.2 cm³/mol. The molecule has 1 aliphatic heterocycles. The number of esters is 1. The number of benzene rings is 1. The van der Waals surface area contributed by atoms with E-state index in [2.05, 4.69) is 11.0 Å². The molecule has 0 spiro atoms. The zero-order chi connectivity index (χ0) is 17.4. The first-order valence-corrected chi connectivity index (χ1v) is 8.18. The normalized spacial score (nSPS) is 15.5. The van der Waals surface area contributed by atoms with Gasteiger partial charge in [0, 0.05) is 12.2 Å². The third-order valence-electron chi connectivity index (χ3n) is 4.30. The van der Waals surface area contributed by atoms with Crippen LogP contribution in [0, 0.1) is 17.2 Å². The van der Waals surface area contributed by atoms with Crippen LogP contribution in [0.15, 0.2) is 30.3 Å². The van der Waals surface area contributed by atoms with Gasteiger partial charge in [0.1, 0.15) is 0 Å². The van der Waals surface area contributed by atoms with Crippen LogP contribution in [0.2, 0.25) is 0 Å². The number of carbonyl (C=O) groups is 2. The summed E-state index contributed by atoms with van der Waals surface area (Å²) in [5.74, 6) is -0.251. The molecule has 2 rings (SSSR count). The van der Waals surface area contributed by atoms with Gasteiger partial charge in [0.05, 0.1) is 32.1 Å². The number of likely N-dealkylation sites (tertiary alicyclic amines) is 1. The monoisotopic (exact) mass is 329 g/mol. The van der Waals surface area contributed by atoms with Crippen molar-refractivity contribution < 1.29 is 14.3 Å². The van der Waals surface area contributed by atoms with Crippen molar-refractivity contribution >= 4 is 17.6 Å². The highest BCUT2D eigenvalue weighted by Crippen LogP contribution is 2.19. The van der Waals surface area contributed by atoms with E-state index in [1.54, 1.807) is 4.90 Å². The topological polar surface area (TPSA) is 73.6 Å². The number of anilines is 1. The Morgan fingerprint density at radius 1 is 1.29 bits per heavy atom. The van der Waals surface area contributed by atoms with Crippen LogP contribution in [0.25, 0.3) is 0 Å². The Morgan fingerprint density at radius 2 is 1.96 bits per heavy atom. The molecule has 6 nitrogen and oxygen atoms in total. The third-order valence-corrected chi connectivity index (χ3v) is 4.30. The lowest BCUT2D eigenvalue weighted by atomic mass is 9.97. The Kier molecular flexibility index (Phi) is 6.76. The molecule has 1 aromatic rings. The minimum atomic E-state index is -0.166. The van der Waals surface area contributed by atoms with Crippen LogP contribution in [-0.2, 0) is 14.3 Å². The van der Waals surface area contributed by atoms with Gasteiger partial charge in [0.15, 0.2) is 0 Å². The summed E-state index contributed by atoms with van der Waals surface area (Å²) >= 11 is 0. The second-order valence-electron chi connectivity index (χ2n) is 5.86. The zero-order valence-corrected chi connectivity index (χ0v) is 14.0. The van der Waals surface area contributed by atoms with E-state index in [1.807, 2.05) is 30.3 Å². The van der Waals surface area contributed by atoms with E-state index < -0.39 is 0 Å². The van der Waals surface area contributed by atoms with E-state index in [0.717, 1.165) is 5.69 Å². The molecule has 0 N–H and O–H groups in total. The molecule has 0 bridgehead atoms. The summed E-state index contributed by atoms with van der Waals surface area (Å²) in [6, 6.07) is 11.5. The molecular formula is C18H23N3O3. The van der Waals surface area contributed by atoms with Crippen molar-refractivity contribution in [3.05, 3.63) is 30.3 Å². The number of piperidine rings is 1. The van der Waals surface area contributed by atoms with E-state index in [-0.39, 0.29) is 17.8 Å². The summed E-state index contributed by atoms with van der Waals surface area (Å²) in [4.78, 5) is 28.0. The highest BCUT2D eigenvalue weighted by atomic mass is 16.5. The second-order valence-corrected chi connectivity index (χ2v) is 5.86. The molecule has 0 radical (unpaired) electrons. The molecule has 0 atom stereocenters. The number of amides is 1. The van der Waals surface area contributed by atoms with Gasteiger partial charge < -0.3 is 9.64 Å². The number of hydrogen-bond acceptors (Lipinski definition) is 5. The first-order chi connectivity index (χ1) is 11.7. The van der Waals surface area contributed by atoms with Crippen molar-refractivity contribution in [1.82, 2.24) is 4.90 Å². The number of para-hydroxylation sites is 1. The van der Waals surface area contributed by atoms with Gasteiger partial charge in [-0.15, -0.1) is 0 Å². The van der Waals surface area contributed by atoms with Gasteiger partial charge in [-0.2, -0.15) is 5.26 Å². The SMILES string of the molecule is COC(=O)C1CCN(CC(=O)N(CCC#N)c2ccccc2)CC1. The largest absolute Gasteiger partial charge is 0.469 e. The number of hydrogen-bond donors (Lipinski definition) is 0. The smallest absolute Gasteiger partial charge is 0.308 e. The predicted octanol–water partition coefficient (Wildman–Crippen LogP) is 1.82. The maximum atomic E-state index is 12.7. The number of nitriles is 1. The van der Waals surface area contributed by atoms with Crippen LogP contribution >= 0.6 is 0 Å². The van der Waals surface area contributed by atoms with Gasteiger partial charge in [0.2, 0.25) is 5.91 Å². The van der Waals surface area contributed by atoms with Crippen LogP contribution in [0.3, 0.4) is 0 Å². The average molecular weight is 329 g/mol. The lowest BCUT2D eigenvalue weighted by Crippen LogP contribution is -2.44. The van der Waals surface area contributed by atoms with Gasteiger partial charge in [-0.1, -0.05) is 18.2 Å². The van der Waals surface area contributed by atoms with Gasteiger partial charge in [-0.25, -0.2) is 0 Å². The van der Waals surface area contributed by atoms with Gasteiger partial charge >= 0.3 is 5.97 Å². The van der Waals surface area contributed by atoms with Crippen molar-refractivity contribution in [3.8, 4) is 6.07 Å². The summed E-state index contributed by atoms with van der Waals surface area (Å²) in [7, 11) is 1.41. The van der Waals surface area contributed by atoms with E-state index >= 15 is 0 Å². The Bertz CT molecular complexity index is 589. The van der Waals surface area contributed by atoms with Crippen LogP contribution in [0.5, 0.6) is 0 Å². The molecule has 24 heavy (non-hydrogen) atoms. The van der Waals surface area contributed by atoms with Crippen LogP contribution < -0.4 is 4.90 Å². The molecule has 0 aromatic heterocycles. The van der Waals surface area contributed by atoms with Crippen molar-refractivity contribution in [2.45, 2.75) is 19.3 Å². The fraction of sp³-hybridized carbons (Fsp3) is 0.500. The molecule has 6 heteroatoms. The minimum absolute atomic E-state index is 0.0204. The van der Waals surface area contributed by atoms with Crippen molar-refractivity contribution in [1.29, 1.82) is 5.26 Å². The number of ether oxygens (including phenoxy) is 1. The molecule has 0 aliphatic carbocycles. The molecule has 1 heterocycles. The molecule has 1 aromatic carbocycles. The Hall–Kier alpha value is -2.39. The minimum Gasteiger partial charge on any atom is -0.469 e. The molecule has 1 amide bonds. The summed E-state index contributed by atoms with van der Waals surface area (Å²) in [6.07, 6.45) is 1.72.